The Balaban J connectivity index is 1.52. The van der Waals surface area contributed by atoms with Crippen LogP contribution in [0.4, 0.5) is 11.6 Å². The number of rotatable bonds is 5. The smallest absolute Gasteiger partial charge is 0.252 e. The van der Waals surface area contributed by atoms with Crippen molar-refractivity contribution in [3.05, 3.63) is 59.1 Å². The molecule has 1 aliphatic rings. The van der Waals surface area contributed by atoms with Gasteiger partial charge in [-0.05, 0) is 42.3 Å². The van der Waals surface area contributed by atoms with Crippen LogP contribution < -0.4 is 10.6 Å². The molecular formula is C20H18ClN5O2. The third-order valence-corrected chi connectivity index (χ3v) is 4.87. The Morgan fingerprint density at radius 2 is 1.96 bits per heavy atom. The van der Waals surface area contributed by atoms with E-state index in [0.29, 0.717) is 16.8 Å². The summed E-state index contributed by atoms with van der Waals surface area (Å²) in [4.78, 5) is 29.2. The van der Waals surface area contributed by atoms with Gasteiger partial charge in [0.05, 0.1) is 6.42 Å². The van der Waals surface area contributed by atoms with E-state index < -0.39 is 6.04 Å². The van der Waals surface area contributed by atoms with Gasteiger partial charge in [-0.1, -0.05) is 36.7 Å². The van der Waals surface area contributed by atoms with Crippen molar-refractivity contribution in [2.75, 3.05) is 10.6 Å². The van der Waals surface area contributed by atoms with Crippen LogP contribution >= 0.6 is 11.6 Å². The van der Waals surface area contributed by atoms with Crippen LogP contribution in [-0.4, -0.2) is 26.6 Å². The molecule has 7 nitrogen and oxygen atoms in total. The molecule has 0 bridgehead atoms. The molecule has 2 aromatic carbocycles. The van der Waals surface area contributed by atoms with Gasteiger partial charge in [0, 0.05) is 16.3 Å². The minimum absolute atomic E-state index is 0.0275. The molecule has 2 heterocycles. The highest BCUT2D eigenvalue weighted by molar-refractivity contribution is 6.30. The summed E-state index contributed by atoms with van der Waals surface area (Å²) in [5.74, 6) is 0.254. The number of carbonyl (C=O) groups excluding carboxylic acids is 2. The van der Waals surface area contributed by atoms with Crippen LogP contribution in [0, 0.1) is 0 Å². The first-order valence-corrected chi connectivity index (χ1v) is 9.34. The van der Waals surface area contributed by atoms with E-state index in [-0.39, 0.29) is 18.2 Å². The van der Waals surface area contributed by atoms with E-state index in [1.54, 1.807) is 24.3 Å². The van der Waals surface area contributed by atoms with E-state index in [0.717, 1.165) is 23.2 Å². The fourth-order valence-electron chi connectivity index (χ4n) is 3.16. The molecule has 0 aliphatic carbocycles. The summed E-state index contributed by atoms with van der Waals surface area (Å²) in [5, 5.41) is 10.6. The van der Waals surface area contributed by atoms with Crippen LogP contribution in [0.5, 0.6) is 0 Å². The van der Waals surface area contributed by atoms with Crippen molar-refractivity contribution < 1.29 is 9.59 Å². The maximum absolute atomic E-state index is 12.5. The van der Waals surface area contributed by atoms with E-state index in [4.69, 9.17) is 11.6 Å². The molecule has 0 spiro atoms. The average Bonchev–Trinajstić information content (AvgIpc) is 3.21. The first kappa shape index (κ1) is 18.2. The molecular weight excluding hydrogens is 378 g/mol. The number of benzene rings is 2. The highest BCUT2D eigenvalue weighted by atomic mass is 35.5. The van der Waals surface area contributed by atoms with E-state index >= 15 is 0 Å². The Morgan fingerprint density at radius 3 is 2.71 bits per heavy atom. The highest BCUT2D eigenvalue weighted by Gasteiger charge is 2.35. The number of halogens is 1. The number of anilines is 2. The summed E-state index contributed by atoms with van der Waals surface area (Å²) in [6.45, 7) is 2.02. The number of nitrogens with one attached hydrogen (secondary N) is 2. The number of aryl methyl sites for hydroxylation is 1. The fourth-order valence-corrected chi connectivity index (χ4v) is 3.28. The number of amides is 2. The maximum Gasteiger partial charge on any atom is 0.252 e. The Labute approximate surface area is 166 Å². The Bertz CT molecular complexity index is 1050. The van der Waals surface area contributed by atoms with Gasteiger partial charge in [-0.25, -0.2) is 4.68 Å². The fraction of sp³-hybridized carbons (Fsp3) is 0.200. The second-order valence-corrected chi connectivity index (χ2v) is 6.91. The van der Waals surface area contributed by atoms with Crippen molar-refractivity contribution in [2.24, 2.45) is 0 Å². The number of hydrogen-bond donors (Lipinski definition) is 2. The van der Waals surface area contributed by atoms with Gasteiger partial charge < -0.3 is 5.32 Å². The lowest BCUT2D eigenvalue weighted by Gasteiger charge is -2.12. The predicted molar refractivity (Wildman–Crippen MR) is 107 cm³/mol. The van der Waals surface area contributed by atoms with Crippen LogP contribution in [0.15, 0.2) is 48.5 Å². The van der Waals surface area contributed by atoms with Crippen LogP contribution in [-0.2, 0) is 16.0 Å². The second kappa shape index (κ2) is 7.44. The van der Waals surface area contributed by atoms with Crippen molar-refractivity contribution in [1.29, 1.82) is 0 Å². The molecule has 0 unspecified atom stereocenters. The van der Waals surface area contributed by atoms with E-state index in [1.807, 2.05) is 31.2 Å². The van der Waals surface area contributed by atoms with Crippen LogP contribution in [0.25, 0.3) is 11.4 Å². The number of para-hydroxylation sites is 1. The summed E-state index contributed by atoms with van der Waals surface area (Å²) in [5.41, 5.74) is 2.58. The average molecular weight is 396 g/mol. The summed E-state index contributed by atoms with van der Waals surface area (Å²) >= 11 is 5.91. The molecule has 1 atom stereocenters. The summed E-state index contributed by atoms with van der Waals surface area (Å²) < 4.78 is 1.47. The third kappa shape index (κ3) is 3.48. The van der Waals surface area contributed by atoms with Crippen LogP contribution in [0.2, 0.25) is 5.02 Å². The van der Waals surface area contributed by atoms with Gasteiger partial charge in [-0.15, -0.1) is 5.10 Å². The monoisotopic (exact) mass is 395 g/mol. The number of fused-ring (bicyclic) bond motifs is 1. The molecule has 1 aromatic heterocycles. The molecule has 1 aliphatic heterocycles. The SMILES string of the molecule is CCc1ccccc1NC(=O)C[C@@H]1C(=O)Nc2nc(-c3ccc(Cl)cc3)nn21. The minimum atomic E-state index is -0.739. The number of carbonyl (C=O) groups is 2. The Morgan fingerprint density at radius 1 is 1.21 bits per heavy atom. The van der Waals surface area contributed by atoms with Gasteiger partial charge in [0.2, 0.25) is 11.9 Å². The molecule has 4 rings (SSSR count). The molecule has 2 amide bonds. The number of nitrogens with zero attached hydrogens (tertiary/aromatic N) is 3. The summed E-state index contributed by atoms with van der Waals surface area (Å²) in [6, 6.07) is 14.0. The first-order chi connectivity index (χ1) is 13.5. The zero-order valence-corrected chi connectivity index (χ0v) is 15.9. The molecule has 0 saturated heterocycles. The van der Waals surface area contributed by atoms with Gasteiger partial charge in [-0.2, -0.15) is 4.98 Å². The summed E-state index contributed by atoms with van der Waals surface area (Å²) in [6.07, 6.45) is 0.776. The van der Waals surface area contributed by atoms with Crippen molar-refractivity contribution in [3.8, 4) is 11.4 Å². The van der Waals surface area contributed by atoms with Crippen molar-refractivity contribution in [3.63, 3.8) is 0 Å². The minimum Gasteiger partial charge on any atom is -0.326 e. The van der Waals surface area contributed by atoms with Crippen molar-refractivity contribution in [1.82, 2.24) is 14.8 Å². The molecule has 142 valence electrons. The number of hydrogen-bond acceptors (Lipinski definition) is 4. The molecule has 3 aromatic rings. The standard InChI is InChI=1S/C20H18ClN5O2/c1-2-12-5-3-4-6-15(12)22-17(27)11-16-19(28)24-20-23-18(25-26(16)20)13-7-9-14(21)10-8-13/h3-10,16H,2,11H2,1H3,(H,22,27)(H,23,24,25,28)/t16-/m1/s1. The zero-order valence-electron chi connectivity index (χ0n) is 15.1. The maximum atomic E-state index is 12.5. The summed E-state index contributed by atoms with van der Waals surface area (Å²) in [7, 11) is 0. The normalized spacial score (nSPS) is 15.2. The highest BCUT2D eigenvalue weighted by Crippen LogP contribution is 2.29. The molecule has 8 heteroatoms. The van der Waals surface area contributed by atoms with E-state index in [2.05, 4.69) is 20.7 Å². The predicted octanol–water partition coefficient (Wildman–Crippen LogP) is 3.68. The lowest BCUT2D eigenvalue weighted by Crippen LogP contribution is -2.24. The van der Waals surface area contributed by atoms with E-state index in [9.17, 15) is 9.59 Å². The Hall–Kier alpha value is -3.19. The van der Waals surface area contributed by atoms with Gasteiger partial charge >= 0.3 is 0 Å². The Kier molecular flexibility index (Phi) is 4.83. The van der Waals surface area contributed by atoms with Gasteiger partial charge in [-0.3, -0.25) is 14.9 Å². The molecule has 0 saturated carbocycles. The zero-order chi connectivity index (χ0) is 19.7. The molecule has 2 N–H and O–H groups in total. The van der Waals surface area contributed by atoms with Crippen LogP contribution in [0.3, 0.4) is 0 Å². The first-order valence-electron chi connectivity index (χ1n) is 8.96. The van der Waals surface area contributed by atoms with Gasteiger partial charge in [0.25, 0.3) is 5.91 Å². The lowest BCUT2D eigenvalue weighted by atomic mass is 10.1. The topological polar surface area (TPSA) is 88.9 Å². The molecule has 0 radical (unpaired) electrons. The molecule has 28 heavy (non-hydrogen) atoms. The van der Waals surface area contributed by atoms with Crippen LogP contribution in [0.1, 0.15) is 24.9 Å². The lowest BCUT2D eigenvalue weighted by molar-refractivity contribution is -0.123. The third-order valence-electron chi connectivity index (χ3n) is 4.62. The van der Waals surface area contributed by atoms with Gasteiger partial charge in [0.1, 0.15) is 6.04 Å². The van der Waals surface area contributed by atoms with Gasteiger partial charge in [0.15, 0.2) is 5.82 Å². The second-order valence-electron chi connectivity index (χ2n) is 6.48. The van der Waals surface area contributed by atoms with Crippen molar-refractivity contribution in [2.45, 2.75) is 25.8 Å². The molecule has 0 fully saturated rings. The quantitative estimate of drug-likeness (QED) is 0.689. The van der Waals surface area contributed by atoms with E-state index in [1.165, 1.54) is 4.68 Å². The largest absolute Gasteiger partial charge is 0.326 e. The number of aromatic nitrogens is 3. The van der Waals surface area contributed by atoms with Crippen molar-refractivity contribution >= 4 is 35.1 Å².